The molecule has 0 bridgehead atoms. The zero-order valence-electron chi connectivity index (χ0n) is 14.7. The van der Waals surface area contributed by atoms with Gasteiger partial charge in [0.25, 0.3) is 5.91 Å². The molecule has 0 unspecified atom stereocenters. The quantitative estimate of drug-likeness (QED) is 0.824. The van der Waals surface area contributed by atoms with Gasteiger partial charge >= 0.3 is 0 Å². The lowest BCUT2D eigenvalue weighted by Crippen LogP contribution is -2.29. The highest BCUT2D eigenvalue weighted by Gasteiger charge is 2.10. The molecule has 2 aromatic rings. The molecule has 25 heavy (non-hydrogen) atoms. The van der Waals surface area contributed by atoms with Gasteiger partial charge in [-0.25, -0.2) is 0 Å². The summed E-state index contributed by atoms with van der Waals surface area (Å²) in [6.45, 7) is 2.45. The fourth-order valence-corrected chi connectivity index (χ4v) is 2.80. The van der Waals surface area contributed by atoms with E-state index in [1.807, 2.05) is 32.3 Å². The van der Waals surface area contributed by atoms with Crippen LogP contribution in [0.25, 0.3) is 11.1 Å². The first kappa shape index (κ1) is 17.2. The summed E-state index contributed by atoms with van der Waals surface area (Å²) in [7, 11) is 4.03. The van der Waals surface area contributed by atoms with Crippen LogP contribution in [0, 0.1) is 0 Å². The zero-order valence-corrected chi connectivity index (χ0v) is 14.7. The Kier molecular flexibility index (Phi) is 5.46. The van der Waals surface area contributed by atoms with Crippen LogP contribution in [-0.2, 0) is 0 Å². The summed E-state index contributed by atoms with van der Waals surface area (Å²) >= 11 is 0. The lowest BCUT2D eigenvalue weighted by Gasteiger charge is -2.15. The Morgan fingerprint density at radius 2 is 2.00 bits per heavy atom. The van der Waals surface area contributed by atoms with Crippen LogP contribution in [-0.4, -0.2) is 44.6 Å². The molecule has 0 saturated heterocycles. The summed E-state index contributed by atoms with van der Waals surface area (Å²) in [5.74, 6) is -0.0845. The molecule has 5 heteroatoms. The highest BCUT2D eigenvalue weighted by atomic mass is 16.1. The molecular weight excluding hydrogens is 312 g/mol. The molecule has 1 aliphatic heterocycles. The molecule has 0 radical (unpaired) electrons. The van der Waals surface area contributed by atoms with Crippen molar-refractivity contribution in [1.29, 1.82) is 0 Å². The van der Waals surface area contributed by atoms with Crippen molar-refractivity contribution in [3.05, 3.63) is 59.9 Å². The minimum Gasteiger partial charge on any atom is -0.378 e. The van der Waals surface area contributed by atoms with E-state index in [0.717, 1.165) is 36.3 Å². The predicted molar refractivity (Wildman–Crippen MR) is 102 cm³/mol. The minimum atomic E-state index is -0.0845. The highest BCUT2D eigenvalue weighted by molar-refractivity contribution is 5.95. The first-order valence-electron chi connectivity index (χ1n) is 8.53. The molecular formula is C20H24N4O. The molecule has 0 atom stereocenters. The summed E-state index contributed by atoms with van der Waals surface area (Å²) in [5.41, 5.74) is 4.99. The second-order valence-corrected chi connectivity index (χ2v) is 6.40. The smallest absolute Gasteiger partial charge is 0.253 e. The third-order valence-electron chi connectivity index (χ3n) is 4.35. The lowest BCUT2D eigenvalue weighted by molar-refractivity contribution is 0.0956. The number of aromatic nitrogens is 1. The third-order valence-corrected chi connectivity index (χ3v) is 4.35. The van der Waals surface area contributed by atoms with Gasteiger partial charge in [-0.2, -0.15) is 0 Å². The number of nitrogens with one attached hydrogen (secondary N) is 2. The molecule has 0 spiro atoms. The number of pyridine rings is 1. The molecule has 1 aromatic heterocycles. The number of rotatable bonds is 5. The van der Waals surface area contributed by atoms with E-state index in [2.05, 4.69) is 38.7 Å². The van der Waals surface area contributed by atoms with E-state index in [0.29, 0.717) is 12.1 Å². The number of amides is 1. The van der Waals surface area contributed by atoms with E-state index in [-0.39, 0.29) is 5.91 Å². The molecule has 2 N–H and O–H groups in total. The third kappa shape index (κ3) is 4.45. The summed E-state index contributed by atoms with van der Waals surface area (Å²) in [6, 6.07) is 10.1. The van der Waals surface area contributed by atoms with Crippen LogP contribution in [0.2, 0.25) is 0 Å². The van der Waals surface area contributed by atoms with E-state index in [1.165, 1.54) is 5.57 Å². The number of nitrogens with zero attached hydrogens (tertiary/aromatic N) is 2. The molecule has 1 aliphatic rings. The maximum Gasteiger partial charge on any atom is 0.253 e. The second kappa shape index (κ2) is 7.94. The summed E-state index contributed by atoms with van der Waals surface area (Å²) in [5, 5.41) is 6.26. The number of hydrogen-bond donors (Lipinski definition) is 2. The van der Waals surface area contributed by atoms with Gasteiger partial charge in [-0.1, -0.05) is 23.8 Å². The maximum absolute atomic E-state index is 12.4. The summed E-state index contributed by atoms with van der Waals surface area (Å²) in [4.78, 5) is 18.7. The van der Waals surface area contributed by atoms with Gasteiger partial charge in [0.05, 0.1) is 5.56 Å². The standard InChI is InChI=1S/C20H24N4O/c1-24(2)19-5-3-16(4-6-19)17-11-18(14-22-13-17)20(25)23-12-15-7-9-21-10-8-15/h3-7,11,13-14,21H,8-10,12H2,1-2H3,(H,23,25). The molecule has 0 fully saturated rings. The molecule has 0 saturated carbocycles. The fourth-order valence-electron chi connectivity index (χ4n) is 2.80. The number of carbonyl (C=O) groups is 1. The average molecular weight is 336 g/mol. The van der Waals surface area contributed by atoms with E-state index < -0.39 is 0 Å². The summed E-state index contributed by atoms with van der Waals surface area (Å²) < 4.78 is 0. The van der Waals surface area contributed by atoms with Gasteiger partial charge < -0.3 is 15.5 Å². The van der Waals surface area contributed by atoms with Crippen molar-refractivity contribution in [2.75, 3.05) is 38.6 Å². The van der Waals surface area contributed by atoms with Crippen LogP contribution in [0.3, 0.4) is 0 Å². The molecule has 5 nitrogen and oxygen atoms in total. The van der Waals surface area contributed by atoms with Crippen LogP contribution >= 0.6 is 0 Å². The van der Waals surface area contributed by atoms with Gasteiger partial charge in [0.2, 0.25) is 0 Å². The van der Waals surface area contributed by atoms with Gasteiger partial charge in [-0.15, -0.1) is 0 Å². The first-order chi connectivity index (χ1) is 12.1. The van der Waals surface area contributed by atoms with Gasteiger partial charge in [-0.3, -0.25) is 9.78 Å². The fraction of sp³-hybridized carbons (Fsp3) is 0.300. The van der Waals surface area contributed by atoms with E-state index >= 15 is 0 Å². The van der Waals surface area contributed by atoms with Crippen molar-refractivity contribution in [1.82, 2.24) is 15.6 Å². The number of carbonyl (C=O) groups excluding carboxylic acids is 1. The molecule has 130 valence electrons. The van der Waals surface area contributed by atoms with E-state index in [1.54, 1.807) is 12.4 Å². The molecule has 3 rings (SSSR count). The predicted octanol–water partition coefficient (Wildman–Crippen LogP) is 2.46. The zero-order chi connectivity index (χ0) is 17.6. The van der Waals surface area contributed by atoms with Gasteiger partial charge in [0.15, 0.2) is 0 Å². The molecule has 2 heterocycles. The Bertz CT molecular complexity index is 766. The van der Waals surface area contributed by atoms with Crippen molar-refractivity contribution < 1.29 is 4.79 Å². The van der Waals surface area contributed by atoms with Gasteiger partial charge in [0, 0.05) is 50.8 Å². The number of benzene rings is 1. The van der Waals surface area contributed by atoms with Crippen molar-refractivity contribution >= 4 is 11.6 Å². The topological polar surface area (TPSA) is 57.3 Å². The molecule has 0 aliphatic carbocycles. The van der Waals surface area contributed by atoms with Gasteiger partial charge in [0.1, 0.15) is 0 Å². The Morgan fingerprint density at radius 3 is 2.68 bits per heavy atom. The Balaban J connectivity index is 1.70. The van der Waals surface area contributed by atoms with Crippen molar-refractivity contribution in [3.8, 4) is 11.1 Å². The monoisotopic (exact) mass is 336 g/mol. The molecule has 1 aromatic carbocycles. The van der Waals surface area contributed by atoms with E-state index in [4.69, 9.17) is 0 Å². The van der Waals surface area contributed by atoms with Crippen LogP contribution in [0.1, 0.15) is 16.8 Å². The van der Waals surface area contributed by atoms with Crippen molar-refractivity contribution in [2.45, 2.75) is 6.42 Å². The van der Waals surface area contributed by atoms with Crippen molar-refractivity contribution in [2.24, 2.45) is 0 Å². The van der Waals surface area contributed by atoms with E-state index in [9.17, 15) is 4.79 Å². The second-order valence-electron chi connectivity index (χ2n) is 6.40. The normalized spacial score (nSPS) is 13.9. The average Bonchev–Trinajstić information content (AvgIpc) is 2.67. The van der Waals surface area contributed by atoms with Gasteiger partial charge in [-0.05, 0) is 36.7 Å². The van der Waals surface area contributed by atoms with Crippen molar-refractivity contribution in [3.63, 3.8) is 0 Å². The number of hydrogen-bond acceptors (Lipinski definition) is 4. The Labute approximate surface area is 148 Å². The Hall–Kier alpha value is -2.66. The Morgan fingerprint density at radius 1 is 1.20 bits per heavy atom. The largest absolute Gasteiger partial charge is 0.378 e. The van der Waals surface area contributed by atoms with Crippen LogP contribution in [0.5, 0.6) is 0 Å². The van der Waals surface area contributed by atoms with Crippen LogP contribution < -0.4 is 15.5 Å². The first-order valence-corrected chi connectivity index (χ1v) is 8.53. The maximum atomic E-state index is 12.4. The SMILES string of the molecule is CN(C)c1ccc(-c2cncc(C(=O)NCC3=CCNCC3)c2)cc1. The summed E-state index contributed by atoms with van der Waals surface area (Å²) in [6.07, 6.45) is 6.53. The highest BCUT2D eigenvalue weighted by Crippen LogP contribution is 2.22. The number of anilines is 1. The van der Waals surface area contributed by atoms with Crippen LogP contribution in [0.4, 0.5) is 5.69 Å². The molecule has 1 amide bonds. The minimum absolute atomic E-state index is 0.0845. The van der Waals surface area contributed by atoms with Crippen LogP contribution in [0.15, 0.2) is 54.4 Å². The lowest BCUT2D eigenvalue weighted by atomic mass is 10.0.